The lowest BCUT2D eigenvalue weighted by Gasteiger charge is -2.32. The van der Waals surface area contributed by atoms with Crippen LogP contribution in [0.3, 0.4) is 0 Å². The molecular weight excluding hydrogens is 340 g/mol. The third-order valence-electron chi connectivity index (χ3n) is 6.12. The second-order valence-electron chi connectivity index (χ2n) is 7.95. The van der Waals surface area contributed by atoms with Crippen LogP contribution in [0.2, 0.25) is 0 Å². The van der Waals surface area contributed by atoms with E-state index in [9.17, 15) is 0 Å². The van der Waals surface area contributed by atoms with Crippen LogP contribution in [-0.2, 0) is 0 Å². The molecule has 2 nitrogen and oxygen atoms in total. The number of dihydropyridines is 1. The van der Waals surface area contributed by atoms with Crippen molar-refractivity contribution >= 4 is 23.9 Å². The van der Waals surface area contributed by atoms with Gasteiger partial charge in [-0.1, -0.05) is 72.3 Å². The van der Waals surface area contributed by atoms with E-state index in [0.29, 0.717) is 5.92 Å². The van der Waals surface area contributed by atoms with E-state index >= 15 is 0 Å². The molecule has 1 aliphatic carbocycles. The van der Waals surface area contributed by atoms with E-state index in [-0.39, 0.29) is 0 Å². The number of benzene rings is 2. The molecule has 0 saturated carbocycles. The van der Waals surface area contributed by atoms with Crippen LogP contribution in [0.1, 0.15) is 35.1 Å². The molecule has 2 aliphatic heterocycles. The second kappa shape index (κ2) is 7.73. The molecule has 0 spiro atoms. The van der Waals surface area contributed by atoms with Gasteiger partial charge in [0.15, 0.2) is 0 Å². The number of aliphatic imine (C=N–C) groups is 1. The van der Waals surface area contributed by atoms with Crippen molar-refractivity contribution in [2.24, 2.45) is 10.9 Å². The number of hydrogen-bond acceptors (Lipinski definition) is 2. The van der Waals surface area contributed by atoms with Crippen molar-refractivity contribution in [3.8, 4) is 0 Å². The summed E-state index contributed by atoms with van der Waals surface area (Å²) in [5.74, 6) is 0.572. The highest BCUT2D eigenvalue weighted by atomic mass is 15.1. The van der Waals surface area contributed by atoms with Crippen molar-refractivity contribution in [3.05, 3.63) is 88.5 Å². The molecule has 3 aliphatic rings. The lowest BCUT2D eigenvalue weighted by atomic mass is 9.86. The molecule has 1 saturated heterocycles. The lowest BCUT2D eigenvalue weighted by molar-refractivity contribution is 0.234. The van der Waals surface area contributed by atoms with Gasteiger partial charge in [-0.2, -0.15) is 0 Å². The maximum Gasteiger partial charge on any atom is 0.0464 e. The molecule has 5 rings (SSSR count). The largest absolute Gasteiger partial charge is 0.302 e. The molecule has 0 bridgehead atoms. The quantitative estimate of drug-likeness (QED) is 0.599. The van der Waals surface area contributed by atoms with Crippen LogP contribution >= 0.6 is 0 Å². The summed E-state index contributed by atoms with van der Waals surface area (Å²) in [6.07, 6.45) is 13.2. The van der Waals surface area contributed by atoms with Crippen molar-refractivity contribution < 1.29 is 0 Å². The van der Waals surface area contributed by atoms with E-state index in [1.807, 2.05) is 6.21 Å². The molecule has 1 unspecified atom stereocenters. The summed E-state index contributed by atoms with van der Waals surface area (Å²) in [5, 5.41) is 0. The van der Waals surface area contributed by atoms with E-state index in [0.717, 1.165) is 39.0 Å². The van der Waals surface area contributed by atoms with Gasteiger partial charge >= 0.3 is 0 Å². The van der Waals surface area contributed by atoms with Gasteiger partial charge in [-0.15, -0.1) is 0 Å². The Morgan fingerprint density at radius 3 is 2.11 bits per heavy atom. The molecule has 0 aromatic heterocycles. The summed E-state index contributed by atoms with van der Waals surface area (Å²) in [6, 6.07) is 17.7. The highest BCUT2D eigenvalue weighted by Crippen LogP contribution is 2.38. The number of likely N-dealkylation sites (tertiary alicyclic amines) is 1. The Morgan fingerprint density at radius 1 is 0.857 bits per heavy atom. The Kier molecular flexibility index (Phi) is 4.80. The first-order valence-corrected chi connectivity index (χ1v) is 10.4. The molecule has 140 valence electrons. The van der Waals surface area contributed by atoms with Crippen LogP contribution in [0.15, 0.2) is 71.2 Å². The summed E-state index contributed by atoms with van der Waals surface area (Å²) >= 11 is 0. The highest BCUT2D eigenvalue weighted by molar-refractivity contribution is 5.94. The zero-order chi connectivity index (χ0) is 18.8. The van der Waals surface area contributed by atoms with Crippen molar-refractivity contribution in [2.75, 3.05) is 26.2 Å². The van der Waals surface area contributed by atoms with Crippen LogP contribution in [0.25, 0.3) is 17.7 Å². The maximum atomic E-state index is 4.42. The second-order valence-corrected chi connectivity index (χ2v) is 7.95. The minimum absolute atomic E-state index is 0.572. The van der Waals surface area contributed by atoms with E-state index < -0.39 is 0 Å². The van der Waals surface area contributed by atoms with Gasteiger partial charge in [0.25, 0.3) is 0 Å². The minimum atomic E-state index is 0.572. The molecule has 0 radical (unpaired) electrons. The van der Waals surface area contributed by atoms with Gasteiger partial charge in [-0.3, -0.25) is 4.99 Å². The molecule has 0 N–H and O–H groups in total. The average Bonchev–Trinajstić information content (AvgIpc) is 2.92. The SMILES string of the molecule is C1=CC(CN2CCC(=C3c4ccccc4C=Cc4ccccc43)CC2)CN=C1. The van der Waals surface area contributed by atoms with Crippen molar-refractivity contribution in [2.45, 2.75) is 12.8 Å². The number of fused-ring (bicyclic) bond motifs is 2. The Bertz CT molecular complexity index is 931. The minimum Gasteiger partial charge on any atom is -0.302 e. The van der Waals surface area contributed by atoms with Crippen LogP contribution in [0, 0.1) is 5.92 Å². The Morgan fingerprint density at radius 2 is 1.50 bits per heavy atom. The summed E-state index contributed by atoms with van der Waals surface area (Å²) in [4.78, 5) is 7.04. The van der Waals surface area contributed by atoms with Gasteiger partial charge in [0.05, 0.1) is 0 Å². The van der Waals surface area contributed by atoms with Gasteiger partial charge < -0.3 is 4.90 Å². The van der Waals surface area contributed by atoms with Gasteiger partial charge in [0.2, 0.25) is 0 Å². The monoisotopic (exact) mass is 366 g/mol. The fraction of sp³-hybridized carbons (Fsp3) is 0.269. The molecule has 28 heavy (non-hydrogen) atoms. The van der Waals surface area contributed by atoms with Crippen LogP contribution in [0.5, 0.6) is 0 Å². The molecule has 2 aromatic carbocycles. The summed E-state index contributed by atoms with van der Waals surface area (Å²) < 4.78 is 0. The number of piperidine rings is 1. The van der Waals surface area contributed by atoms with E-state index in [4.69, 9.17) is 0 Å². The molecule has 0 amide bonds. The number of allylic oxidation sites excluding steroid dienone is 1. The van der Waals surface area contributed by atoms with Crippen molar-refractivity contribution in [1.29, 1.82) is 0 Å². The maximum absolute atomic E-state index is 4.42. The zero-order valence-electron chi connectivity index (χ0n) is 16.2. The topological polar surface area (TPSA) is 15.6 Å². The lowest BCUT2D eigenvalue weighted by Crippen LogP contribution is -2.35. The third-order valence-corrected chi connectivity index (χ3v) is 6.12. The van der Waals surface area contributed by atoms with E-state index in [1.54, 1.807) is 5.57 Å². The van der Waals surface area contributed by atoms with Gasteiger partial charge in [-0.25, -0.2) is 0 Å². The molecular formula is C26H26N2. The Labute approximate surface area is 167 Å². The standard InChI is InChI=1S/C26H26N2/c1-3-9-24-21(7-1)11-12-22-8-2-4-10-25(22)26(24)23-13-16-28(17-14-23)19-20-6-5-15-27-18-20/h1-12,15,20H,13-14,16-19H2. The smallest absolute Gasteiger partial charge is 0.0464 e. The fourth-order valence-electron chi connectivity index (χ4n) is 4.68. The van der Waals surface area contributed by atoms with Crippen LogP contribution in [0.4, 0.5) is 0 Å². The number of nitrogens with zero attached hydrogens (tertiary/aromatic N) is 2. The Balaban J connectivity index is 1.45. The van der Waals surface area contributed by atoms with Crippen LogP contribution < -0.4 is 0 Å². The molecule has 1 fully saturated rings. The summed E-state index contributed by atoms with van der Waals surface area (Å²) in [5.41, 5.74) is 8.51. The molecule has 1 atom stereocenters. The normalized spacial score (nSPS) is 21.4. The van der Waals surface area contributed by atoms with Crippen LogP contribution in [-0.4, -0.2) is 37.3 Å². The fourth-order valence-corrected chi connectivity index (χ4v) is 4.68. The van der Waals surface area contributed by atoms with Gasteiger partial charge in [-0.05, 0) is 46.7 Å². The predicted molar refractivity (Wildman–Crippen MR) is 119 cm³/mol. The first-order valence-electron chi connectivity index (χ1n) is 10.4. The van der Waals surface area contributed by atoms with E-state index in [1.165, 1.54) is 27.8 Å². The number of hydrogen-bond donors (Lipinski definition) is 0. The number of rotatable bonds is 2. The summed E-state index contributed by atoms with van der Waals surface area (Å²) in [6.45, 7) is 4.36. The molecule has 2 aromatic rings. The molecule has 2 heterocycles. The van der Waals surface area contributed by atoms with Crippen molar-refractivity contribution in [3.63, 3.8) is 0 Å². The van der Waals surface area contributed by atoms with Crippen molar-refractivity contribution in [1.82, 2.24) is 4.90 Å². The summed E-state index contributed by atoms with van der Waals surface area (Å²) in [7, 11) is 0. The highest BCUT2D eigenvalue weighted by Gasteiger charge is 2.23. The predicted octanol–water partition coefficient (Wildman–Crippen LogP) is 5.32. The third kappa shape index (κ3) is 3.41. The molecule has 2 heteroatoms. The van der Waals surface area contributed by atoms with Gasteiger partial charge in [0.1, 0.15) is 0 Å². The first-order chi connectivity index (χ1) is 13.9. The van der Waals surface area contributed by atoms with E-state index in [2.05, 4.69) is 82.7 Å². The average molecular weight is 367 g/mol. The van der Waals surface area contributed by atoms with Gasteiger partial charge in [0, 0.05) is 38.3 Å². The first kappa shape index (κ1) is 17.4. The Hall–Kier alpha value is -2.71. The zero-order valence-corrected chi connectivity index (χ0v) is 16.2.